The van der Waals surface area contributed by atoms with Gasteiger partial charge in [0.15, 0.2) is 0 Å². The molecule has 0 spiro atoms. The van der Waals surface area contributed by atoms with Gasteiger partial charge in [-0.05, 0) is 13.3 Å². The number of sulfonamides is 1. The Balaban J connectivity index is 0. The molecule has 0 aromatic heterocycles. The molecule has 0 aliphatic carbocycles. The third-order valence-corrected chi connectivity index (χ3v) is 3.86. The van der Waals surface area contributed by atoms with Crippen molar-refractivity contribution in [1.82, 2.24) is 15.4 Å². The molecule has 0 bridgehead atoms. The van der Waals surface area contributed by atoms with E-state index in [0.717, 1.165) is 0 Å². The molecule has 1 atom stereocenters. The van der Waals surface area contributed by atoms with Gasteiger partial charge in [-0.1, -0.05) is 0 Å². The molecule has 0 aliphatic rings. The molecule has 120 valence electrons. The van der Waals surface area contributed by atoms with Crippen LogP contribution in [-0.2, 0) is 19.6 Å². The van der Waals surface area contributed by atoms with Crippen LogP contribution in [0.2, 0.25) is 0 Å². The maximum atomic E-state index is 11.1. The van der Waals surface area contributed by atoms with Gasteiger partial charge in [0.1, 0.15) is 6.04 Å². The van der Waals surface area contributed by atoms with Crippen molar-refractivity contribution in [3.8, 4) is 0 Å². The predicted molar refractivity (Wildman–Crippen MR) is 77.4 cm³/mol. The van der Waals surface area contributed by atoms with Crippen LogP contribution in [0.1, 0.15) is 19.8 Å². The van der Waals surface area contributed by atoms with Gasteiger partial charge in [-0.15, -0.1) is 12.4 Å². The summed E-state index contributed by atoms with van der Waals surface area (Å²) in [5, 5.41) is 14.0. The quantitative estimate of drug-likeness (QED) is 0.377. The second-order valence-electron chi connectivity index (χ2n) is 3.85. The molecule has 0 fully saturated rings. The van der Waals surface area contributed by atoms with Crippen LogP contribution in [0.3, 0.4) is 0 Å². The van der Waals surface area contributed by atoms with Crippen molar-refractivity contribution in [2.75, 3.05) is 25.9 Å². The van der Waals surface area contributed by atoms with Gasteiger partial charge in [0.2, 0.25) is 15.9 Å². The van der Waals surface area contributed by atoms with Crippen LogP contribution >= 0.6 is 12.4 Å². The molecule has 0 saturated carbocycles. The molecule has 0 aliphatic heterocycles. The number of hydrogen-bond acceptors (Lipinski definition) is 5. The third kappa shape index (κ3) is 9.96. The summed E-state index contributed by atoms with van der Waals surface area (Å²) in [6.45, 7) is 1.81. The Labute approximate surface area is 125 Å². The van der Waals surface area contributed by atoms with Crippen LogP contribution in [0.15, 0.2) is 0 Å². The Morgan fingerprint density at radius 2 is 1.85 bits per heavy atom. The fourth-order valence-electron chi connectivity index (χ4n) is 1.27. The first-order valence-electron chi connectivity index (χ1n) is 5.96. The van der Waals surface area contributed by atoms with Crippen molar-refractivity contribution in [3.05, 3.63) is 0 Å². The fourth-order valence-corrected chi connectivity index (χ4v) is 1.89. The lowest BCUT2D eigenvalue weighted by Gasteiger charge is -2.14. The Morgan fingerprint density at radius 3 is 2.30 bits per heavy atom. The van der Waals surface area contributed by atoms with Crippen LogP contribution in [0.5, 0.6) is 0 Å². The summed E-state index contributed by atoms with van der Waals surface area (Å²) < 4.78 is 24.6. The largest absolute Gasteiger partial charge is 0.480 e. The van der Waals surface area contributed by atoms with Gasteiger partial charge < -0.3 is 15.7 Å². The molecule has 20 heavy (non-hydrogen) atoms. The highest BCUT2D eigenvalue weighted by molar-refractivity contribution is 7.89. The first-order chi connectivity index (χ1) is 8.82. The van der Waals surface area contributed by atoms with E-state index in [0.29, 0.717) is 0 Å². The van der Waals surface area contributed by atoms with Crippen molar-refractivity contribution in [2.45, 2.75) is 25.8 Å². The molecule has 4 N–H and O–H groups in total. The lowest BCUT2D eigenvalue weighted by atomic mass is 10.1. The van der Waals surface area contributed by atoms with E-state index >= 15 is 0 Å². The summed E-state index contributed by atoms with van der Waals surface area (Å²) in [7, 11) is -1.79. The number of hydrogen-bond donors (Lipinski definition) is 4. The molecule has 0 saturated heterocycles. The van der Waals surface area contributed by atoms with Crippen LogP contribution in [0.25, 0.3) is 0 Å². The Hall–Kier alpha value is -0.900. The lowest BCUT2D eigenvalue weighted by molar-refractivity contribution is -0.139. The normalized spacial score (nSPS) is 12.3. The zero-order chi connectivity index (χ0) is 14.9. The van der Waals surface area contributed by atoms with Gasteiger partial charge in [-0.3, -0.25) is 9.59 Å². The number of rotatable bonds is 10. The molecule has 8 nitrogen and oxygen atoms in total. The van der Waals surface area contributed by atoms with Crippen LogP contribution in [0, 0.1) is 0 Å². The van der Waals surface area contributed by atoms with Gasteiger partial charge in [0, 0.05) is 26.6 Å². The number of carboxylic acid groups (broad SMARTS) is 1. The Bertz CT molecular complexity index is 402. The van der Waals surface area contributed by atoms with E-state index in [1.165, 1.54) is 14.0 Å². The zero-order valence-electron chi connectivity index (χ0n) is 11.5. The summed E-state index contributed by atoms with van der Waals surface area (Å²) in [6, 6.07) is -0.872. The van der Waals surface area contributed by atoms with Crippen molar-refractivity contribution >= 4 is 34.3 Å². The Kier molecular flexibility index (Phi) is 11.6. The first kappa shape index (κ1) is 21.4. The summed E-state index contributed by atoms with van der Waals surface area (Å²) >= 11 is 0. The van der Waals surface area contributed by atoms with Crippen LogP contribution in [0.4, 0.5) is 0 Å². The molecule has 0 radical (unpaired) electrons. The Morgan fingerprint density at radius 1 is 1.25 bits per heavy atom. The number of nitrogens with one attached hydrogen (secondary N) is 3. The number of amides is 1. The molecule has 0 heterocycles. The van der Waals surface area contributed by atoms with Crippen LogP contribution in [-0.4, -0.2) is 57.3 Å². The minimum atomic E-state index is -3.27. The molecule has 0 rings (SSSR count). The van der Waals surface area contributed by atoms with Gasteiger partial charge in [-0.25, -0.2) is 13.1 Å². The fraction of sp³-hybridized carbons (Fsp3) is 0.800. The molecule has 0 aromatic carbocycles. The summed E-state index contributed by atoms with van der Waals surface area (Å²) in [5.41, 5.74) is 0. The van der Waals surface area contributed by atoms with Crippen molar-refractivity contribution in [1.29, 1.82) is 0 Å². The third-order valence-electron chi connectivity index (χ3n) is 2.45. The van der Waals surface area contributed by atoms with Crippen molar-refractivity contribution in [2.24, 2.45) is 0 Å². The highest BCUT2D eigenvalue weighted by Gasteiger charge is 2.17. The summed E-state index contributed by atoms with van der Waals surface area (Å²) in [5.74, 6) is -1.33. The highest BCUT2D eigenvalue weighted by Crippen LogP contribution is 1.97. The molecule has 10 heteroatoms. The van der Waals surface area contributed by atoms with Crippen molar-refractivity contribution in [3.63, 3.8) is 0 Å². The molecular formula is C10H22ClN3O5S. The average molecular weight is 332 g/mol. The molecule has 1 amide bonds. The van der Waals surface area contributed by atoms with Gasteiger partial charge in [-0.2, -0.15) is 0 Å². The number of carboxylic acids is 1. The van der Waals surface area contributed by atoms with Gasteiger partial charge in [0.25, 0.3) is 0 Å². The maximum Gasteiger partial charge on any atom is 0.320 e. The lowest BCUT2D eigenvalue weighted by Crippen LogP contribution is -2.42. The van der Waals surface area contributed by atoms with E-state index in [2.05, 4.69) is 15.4 Å². The topological polar surface area (TPSA) is 125 Å². The maximum absolute atomic E-state index is 11.1. The monoisotopic (exact) mass is 331 g/mol. The number of carbonyl (C=O) groups is 2. The molecule has 0 aromatic rings. The zero-order valence-corrected chi connectivity index (χ0v) is 13.1. The van der Waals surface area contributed by atoms with E-state index in [-0.39, 0.29) is 50.0 Å². The van der Waals surface area contributed by atoms with Crippen molar-refractivity contribution < 1.29 is 23.1 Å². The summed E-state index contributed by atoms with van der Waals surface area (Å²) in [6.07, 6.45) is 0.247. The summed E-state index contributed by atoms with van der Waals surface area (Å²) in [4.78, 5) is 21.9. The number of halogens is 1. The highest BCUT2D eigenvalue weighted by atomic mass is 35.5. The van der Waals surface area contributed by atoms with E-state index in [1.807, 2.05) is 0 Å². The van der Waals surface area contributed by atoms with Crippen LogP contribution < -0.4 is 15.4 Å². The minimum Gasteiger partial charge on any atom is -0.480 e. The van der Waals surface area contributed by atoms with E-state index in [9.17, 15) is 18.0 Å². The van der Waals surface area contributed by atoms with E-state index < -0.39 is 22.0 Å². The second-order valence-corrected chi connectivity index (χ2v) is 5.95. The number of carbonyl (C=O) groups excluding carboxylic acids is 1. The molecule has 0 unspecified atom stereocenters. The van der Waals surface area contributed by atoms with E-state index in [1.54, 1.807) is 0 Å². The average Bonchev–Trinajstić information content (AvgIpc) is 2.36. The standard InChI is InChI=1S/C10H21N3O5S.ClH/c1-3-19(17,18)13-7-6-12-8(10(15)16)4-5-9(14)11-2;/h8,12-13H,3-7H2,1-2H3,(H,11,14)(H,15,16);1H/t8-;/m0./s1. The second kappa shape index (κ2) is 10.8. The van der Waals surface area contributed by atoms with E-state index in [4.69, 9.17) is 5.11 Å². The minimum absolute atomic E-state index is 0. The first-order valence-corrected chi connectivity index (χ1v) is 7.61. The number of aliphatic carboxylic acids is 1. The SMILES string of the molecule is CCS(=O)(=O)NCCN[C@@H](CCC(=O)NC)C(=O)O.Cl. The van der Waals surface area contributed by atoms with Gasteiger partial charge >= 0.3 is 5.97 Å². The predicted octanol–water partition coefficient (Wildman–Crippen LogP) is -1.08. The van der Waals surface area contributed by atoms with Gasteiger partial charge in [0.05, 0.1) is 5.75 Å². The molecular weight excluding hydrogens is 310 g/mol. The smallest absolute Gasteiger partial charge is 0.320 e.